The number of morpholine rings is 1. The second kappa shape index (κ2) is 8.51. The SMILES string of the molecule is C[C@H](NCc1ccccc1OCC(=O)N1CCOCC1)C12CC3CC(CC(C3)C1)C2. The van der Waals surface area contributed by atoms with Gasteiger partial charge in [-0.2, -0.15) is 0 Å². The van der Waals surface area contributed by atoms with Gasteiger partial charge in [0, 0.05) is 31.2 Å². The molecule has 0 spiro atoms. The molecular formula is C25H36N2O3. The van der Waals surface area contributed by atoms with Crippen molar-refractivity contribution >= 4 is 5.91 Å². The Balaban J connectivity index is 1.18. The van der Waals surface area contributed by atoms with Crippen molar-refractivity contribution in [3.05, 3.63) is 29.8 Å². The molecule has 1 atom stereocenters. The van der Waals surface area contributed by atoms with Crippen LogP contribution in [0.2, 0.25) is 0 Å². The fourth-order valence-corrected chi connectivity index (χ4v) is 7.02. The Morgan fingerprint density at radius 2 is 1.77 bits per heavy atom. The molecule has 5 aliphatic rings. The van der Waals surface area contributed by atoms with E-state index in [0.717, 1.165) is 35.6 Å². The third kappa shape index (κ3) is 4.11. The van der Waals surface area contributed by atoms with Crippen molar-refractivity contribution in [2.24, 2.45) is 23.2 Å². The molecule has 0 aromatic heterocycles. The van der Waals surface area contributed by atoms with Gasteiger partial charge in [0.25, 0.3) is 5.91 Å². The number of amides is 1. The zero-order valence-corrected chi connectivity index (χ0v) is 18.3. The highest BCUT2D eigenvalue weighted by molar-refractivity contribution is 5.77. The zero-order chi connectivity index (χ0) is 20.6. The molecule has 0 unspecified atom stereocenters. The summed E-state index contributed by atoms with van der Waals surface area (Å²) in [6.07, 6.45) is 8.71. The molecule has 1 aromatic rings. The Kier molecular flexibility index (Phi) is 5.76. The van der Waals surface area contributed by atoms with Gasteiger partial charge in [0.1, 0.15) is 5.75 Å². The van der Waals surface area contributed by atoms with Gasteiger partial charge in [0.2, 0.25) is 0 Å². The Bertz CT molecular complexity index is 723. The van der Waals surface area contributed by atoms with Crippen LogP contribution in [0.25, 0.3) is 0 Å². The van der Waals surface area contributed by atoms with E-state index in [-0.39, 0.29) is 12.5 Å². The first-order valence-corrected chi connectivity index (χ1v) is 11.9. The lowest BCUT2D eigenvalue weighted by Gasteiger charge is -2.59. The lowest BCUT2D eigenvalue weighted by molar-refractivity contribution is -0.137. The second-order valence-corrected chi connectivity index (χ2v) is 10.3. The van der Waals surface area contributed by atoms with Gasteiger partial charge in [-0.05, 0) is 74.7 Å². The van der Waals surface area contributed by atoms with Gasteiger partial charge < -0.3 is 19.7 Å². The average molecular weight is 413 g/mol. The minimum atomic E-state index is 0.0444. The van der Waals surface area contributed by atoms with E-state index in [1.807, 2.05) is 17.0 Å². The minimum absolute atomic E-state index is 0.0444. The number of rotatable bonds is 7. The van der Waals surface area contributed by atoms with Gasteiger partial charge in [-0.1, -0.05) is 18.2 Å². The molecule has 4 aliphatic carbocycles. The van der Waals surface area contributed by atoms with E-state index in [1.54, 1.807) is 0 Å². The maximum absolute atomic E-state index is 12.4. The standard InChI is InChI=1S/C25H36N2O3/c1-18(25-13-19-10-20(14-25)12-21(11-19)15-25)26-16-22-4-2-3-5-23(22)30-17-24(28)27-6-8-29-9-7-27/h2-5,18-21,26H,6-17H2,1H3/t18-,19?,20?,21?,25?/m0/s1. The van der Waals surface area contributed by atoms with Crippen LogP contribution in [0.15, 0.2) is 24.3 Å². The van der Waals surface area contributed by atoms with Crippen LogP contribution in [0.3, 0.4) is 0 Å². The predicted octanol–water partition coefficient (Wildman–Crippen LogP) is 3.62. The largest absolute Gasteiger partial charge is 0.483 e. The molecule has 5 nitrogen and oxygen atoms in total. The van der Waals surface area contributed by atoms with Crippen molar-refractivity contribution in [3.8, 4) is 5.75 Å². The van der Waals surface area contributed by atoms with Gasteiger partial charge in [-0.3, -0.25) is 4.79 Å². The van der Waals surface area contributed by atoms with Crippen molar-refractivity contribution in [2.45, 2.75) is 58.0 Å². The molecular weight excluding hydrogens is 376 g/mol. The summed E-state index contributed by atoms with van der Waals surface area (Å²) in [7, 11) is 0. The molecule has 1 aromatic carbocycles. The number of hydrogen-bond donors (Lipinski definition) is 1. The number of benzene rings is 1. The third-order valence-electron chi connectivity index (χ3n) is 8.29. The van der Waals surface area contributed by atoms with E-state index in [2.05, 4.69) is 24.4 Å². The van der Waals surface area contributed by atoms with E-state index in [4.69, 9.17) is 9.47 Å². The molecule has 0 radical (unpaired) electrons. The summed E-state index contributed by atoms with van der Waals surface area (Å²) in [6, 6.07) is 8.67. The number of ether oxygens (including phenoxy) is 2. The van der Waals surface area contributed by atoms with Gasteiger partial charge in [-0.25, -0.2) is 0 Å². The van der Waals surface area contributed by atoms with Crippen molar-refractivity contribution in [1.29, 1.82) is 0 Å². The van der Waals surface area contributed by atoms with Crippen molar-refractivity contribution < 1.29 is 14.3 Å². The molecule has 5 heteroatoms. The first kappa shape index (κ1) is 20.3. The first-order chi connectivity index (χ1) is 14.6. The van der Waals surface area contributed by atoms with Gasteiger partial charge >= 0.3 is 0 Å². The maximum atomic E-state index is 12.4. The van der Waals surface area contributed by atoms with Gasteiger partial charge in [-0.15, -0.1) is 0 Å². The molecule has 164 valence electrons. The van der Waals surface area contributed by atoms with Crippen LogP contribution in [0.1, 0.15) is 51.0 Å². The zero-order valence-electron chi connectivity index (χ0n) is 18.3. The molecule has 1 amide bonds. The Labute approximate surface area is 180 Å². The lowest BCUT2D eigenvalue weighted by atomic mass is 9.48. The third-order valence-corrected chi connectivity index (χ3v) is 8.29. The molecule has 1 saturated heterocycles. The molecule has 1 aliphatic heterocycles. The Morgan fingerprint density at radius 3 is 2.43 bits per heavy atom. The molecule has 5 fully saturated rings. The summed E-state index contributed by atoms with van der Waals surface area (Å²) >= 11 is 0. The number of nitrogens with one attached hydrogen (secondary N) is 1. The van der Waals surface area contributed by atoms with Crippen LogP contribution in [0.4, 0.5) is 0 Å². The summed E-state index contributed by atoms with van der Waals surface area (Å²) in [5.74, 6) is 3.79. The highest BCUT2D eigenvalue weighted by Gasteiger charge is 2.52. The second-order valence-electron chi connectivity index (χ2n) is 10.3. The summed E-state index contributed by atoms with van der Waals surface area (Å²) < 4.78 is 11.3. The van der Waals surface area contributed by atoms with Crippen LogP contribution >= 0.6 is 0 Å². The highest BCUT2D eigenvalue weighted by atomic mass is 16.5. The van der Waals surface area contributed by atoms with E-state index in [9.17, 15) is 4.79 Å². The Hall–Kier alpha value is -1.59. The van der Waals surface area contributed by atoms with Crippen LogP contribution in [-0.4, -0.2) is 49.8 Å². The molecule has 1 N–H and O–H groups in total. The van der Waals surface area contributed by atoms with Crippen molar-refractivity contribution in [1.82, 2.24) is 10.2 Å². The summed E-state index contributed by atoms with van der Waals surface area (Å²) in [5.41, 5.74) is 1.64. The van der Waals surface area contributed by atoms with E-state index < -0.39 is 0 Å². The van der Waals surface area contributed by atoms with Crippen LogP contribution in [-0.2, 0) is 16.1 Å². The first-order valence-electron chi connectivity index (χ1n) is 11.9. The van der Waals surface area contributed by atoms with Crippen LogP contribution < -0.4 is 10.1 Å². The molecule has 1 heterocycles. The normalized spacial score (nSPS) is 33.5. The number of hydrogen-bond acceptors (Lipinski definition) is 4. The molecule has 4 bridgehead atoms. The van der Waals surface area contributed by atoms with E-state index in [1.165, 1.54) is 38.5 Å². The summed E-state index contributed by atoms with van der Waals surface area (Å²) in [4.78, 5) is 14.3. The maximum Gasteiger partial charge on any atom is 0.260 e. The fraction of sp³-hybridized carbons (Fsp3) is 0.720. The van der Waals surface area contributed by atoms with Crippen molar-refractivity contribution in [2.75, 3.05) is 32.9 Å². The highest BCUT2D eigenvalue weighted by Crippen LogP contribution is 2.61. The minimum Gasteiger partial charge on any atom is -0.483 e. The van der Waals surface area contributed by atoms with Crippen molar-refractivity contribution in [3.63, 3.8) is 0 Å². The van der Waals surface area contributed by atoms with Gasteiger partial charge in [0.05, 0.1) is 13.2 Å². The average Bonchev–Trinajstić information content (AvgIpc) is 2.76. The monoisotopic (exact) mass is 412 g/mol. The fourth-order valence-electron chi connectivity index (χ4n) is 7.02. The quantitative estimate of drug-likeness (QED) is 0.743. The van der Waals surface area contributed by atoms with Gasteiger partial charge in [0.15, 0.2) is 6.61 Å². The number of nitrogens with zero attached hydrogens (tertiary/aromatic N) is 1. The van der Waals surface area contributed by atoms with E-state index >= 15 is 0 Å². The molecule has 4 saturated carbocycles. The lowest BCUT2D eigenvalue weighted by Crippen LogP contribution is -2.54. The topological polar surface area (TPSA) is 50.8 Å². The molecule has 30 heavy (non-hydrogen) atoms. The van der Waals surface area contributed by atoms with E-state index in [0.29, 0.717) is 37.8 Å². The predicted molar refractivity (Wildman–Crippen MR) is 116 cm³/mol. The number of carbonyl (C=O) groups excluding carboxylic acids is 1. The summed E-state index contributed by atoms with van der Waals surface area (Å²) in [5, 5.41) is 3.86. The van der Waals surface area contributed by atoms with Crippen LogP contribution in [0, 0.1) is 23.2 Å². The number of para-hydroxylation sites is 1. The smallest absolute Gasteiger partial charge is 0.260 e. The molecule has 6 rings (SSSR count). The number of carbonyl (C=O) groups is 1. The summed E-state index contributed by atoms with van der Waals surface area (Å²) in [6.45, 7) is 5.86. The van der Waals surface area contributed by atoms with Crippen LogP contribution in [0.5, 0.6) is 5.75 Å². The Morgan fingerprint density at radius 1 is 1.13 bits per heavy atom.